The first-order chi connectivity index (χ1) is 9.06. The van der Waals surface area contributed by atoms with Gasteiger partial charge in [-0.1, -0.05) is 23.7 Å². The highest BCUT2D eigenvalue weighted by molar-refractivity contribution is 6.30. The molecule has 1 saturated carbocycles. The number of hydrogen-bond acceptors (Lipinski definition) is 2. The largest absolute Gasteiger partial charge is 0.309 e. The van der Waals surface area contributed by atoms with Gasteiger partial charge in [-0.05, 0) is 62.7 Å². The van der Waals surface area contributed by atoms with E-state index in [4.69, 9.17) is 11.6 Å². The number of nitrogens with zero attached hydrogens (tertiary/aromatic N) is 1. The van der Waals surface area contributed by atoms with Gasteiger partial charge in [-0.15, -0.1) is 0 Å². The Morgan fingerprint density at radius 2 is 2.21 bits per heavy atom. The van der Waals surface area contributed by atoms with Gasteiger partial charge in [0, 0.05) is 17.5 Å². The molecule has 2 nitrogen and oxygen atoms in total. The second kappa shape index (κ2) is 6.36. The number of ketones is 1. The molecule has 1 aliphatic carbocycles. The van der Waals surface area contributed by atoms with E-state index in [9.17, 15) is 4.79 Å². The third-order valence-electron chi connectivity index (χ3n) is 3.46. The molecule has 0 radical (unpaired) electrons. The molecule has 0 saturated heterocycles. The molecule has 0 spiro atoms. The van der Waals surface area contributed by atoms with Gasteiger partial charge in [0.05, 0.1) is 0 Å². The number of rotatable bonds is 3. The molecule has 0 amide bonds. The number of carbonyl (C=O) groups excluding carboxylic acids is 1. The van der Waals surface area contributed by atoms with Crippen LogP contribution in [0.2, 0.25) is 5.02 Å². The van der Waals surface area contributed by atoms with E-state index in [0.29, 0.717) is 10.8 Å². The van der Waals surface area contributed by atoms with E-state index in [2.05, 4.69) is 4.90 Å². The Hall–Kier alpha value is -1.12. The van der Waals surface area contributed by atoms with Crippen LogP contribution in [0.4, 0.5) is 0 Å². The number of halogens is 1. The van der Waals surface area contributed by atoms with Crippen molar-refractivity contribution in [3.05, 3.63) is 40.4 Å². The summed E-state index contributed by atoms with van der Waals surface area (Å²) in [7, 11) is 4.03. The number of hydrogen-bond donors (Lipinski definition) is 0. The summed E-state index contributed by atoms with van der Waals surface area (Å²) in [5, 5.41) is 0.711. The van der Waals surface area contributed by atoms with E-state index < -0.39 is 0 Å². The number of allylic oxidation sites excluding steroid dienone is 1. The maximum atomic E-state index is 12.4. The van der Waals surface area contributed by atoms with E-state index in [1.807, 2.05) is 44.4 Å². The molecular formula is C16H20ClNO. The Bertz CT molecular complexity index is 493. The Labute approximate surface area is 120 Å². The van der Waals surface area contributed by atoms with E-state index >= 15 is 0 Å². The minimum absolute atomic E-state index is 0.147. The smallest absolute Gasteiger partial charge is 0.163 e. The summed E-state index contributed by atoms with van der Waals surface area (Å²) in [5.74, 6) is 0.453. The van der Waals surface area contributed by atoms with E-state index in [1.54, 1.807) is 0 Å². The van der Waals surface area contributed by atoms with Gasteiger partial charge in [-0.3, -0.25) is 4.79 Å². The highest BCUT2D eigenvalue weighted by Crippen LogP contribution is 2.27. The normalized spacial score (nSPS) is 22.2. The minimum atomic E-state index is 0.147. The summed E-state index contributed by atoms with van der Waals surface area (Å²) >= 11 is 5.98. The molecule has 0 bridgehead atoms. The summed E-state index contributed by atoms with van der Waals surface area (Å²) in [5.41, 5.74) is 1.96. The number of Topliss-reactive ketones (excluding diaryl/α,β-unsaturated/α-hetero) is 1. The molecule has 0 aromatic heterocycles. The third kappa shape index (κ3) is 3.92. The standard InChI is InChI=1S/C16H20ClNO/c1-18(2)11-14-7-4-6-13(16(14)19)9-12-5-3-8-15(17)10-12/h3,5,8-10,14H,4,6-7,11H2,1-2H3. The van der Waals surface area contributed by atoms with Gasteiger partial charge in [-0.25, -0.2) is 0 Å². The van der Waals surface area contributed by atoms with Crippen LogP contribution in [0.5, 0.6) is 0 Å². The van der Waals surface area contributed by atoms with E-state index in [1.165, 1.54) is 0 Å². The molecule has 1 aliphatic rings. The molecule has 3 heteroatoms. The Kier molecular flexibility index (Phi) is 4.78. The lowest BCUT2D eigenvalue weighted by atomic mass is 9.83. The maximum absolute atomic E-state index is 12.4. The fourth-order valence-corrected chi connectivity index (χ4v) is 2.81. The van der Waals surface area contributed by atoms with Crippen molar-refractivity contribution >= 4 is 23.5 Å². The lowest BCUT2D eigenvalue weighted by Gasteiger charge is -2.25. The van der Waals surface area contributed by atoms with Crippen LogP contribution in [0.25, 0.3) is 6.08 Å². The molecular weight excluding hydrogens is 258 g/mol. The Balaban J connectivity index is 2.17. The van der Waals surface area contributed by atoms with Crippen LogP contribution in [0.1, 0.15) is 24.8 Å². The highest BCUT2D eigenvalue weighted by Gasteiger charge is 2.26. The van der Waals surface area contributed by atoms with Crippen LogP contribution in [-0.4, -0.2) is 31.3 Å². The average molecular weight is 278 g/mol. The van der Waals surface area contributed by atoms with Crippen molar-refractivity contribution in [3.63, 3.8) is 0 Å². The van der Waals surface area contributed by atoms with E-state index in [0.717, 1.165) is 36.9 Å². The molecule has 1 fully saturated rings. The van der Waals surface area contributed by atoms with Crippen LogP contribution >= 0.6 is 11.6 Å². The molecule has 19 heavy (non-hydrogen) atoms. The number of carbonyl (C=O) groups is 1. The monoisotopic (exact) mass is 277 g/mol. The maximum Gasteiger partial charge on any atom is 0.163 e. The fraction of sp³-hybridized carbons (Fsp3) is 0.438. The van der Waals surface area contributed by atoms with Crippen molar-refractivity contribution in [3.8, 4) is 0 Å². The first kappa shape index (κ1) is 14.3. The number of benzene rings is 1. The molecule has 1 aromatic carbocycles. The zero-order valence-electron chi connectivity index (χ0n) is 11.5. The van der Waals surface area contributed by atoms with Gasteiger partial charge in [0.2, 0.25) is 0 Å². The molecule has 1 atom stereocenters. The average Bonchev–Trinajstić information content (AvgIpc) is 2.34. The van der Waals surface area contributed by atoms with Gasteiger partial charge in [-0.2, -0.15) is 0 Å². The first-order valence-corrected chi connectivity index (χ1v) is 7.09. The summed E-state index contributed by atoms with van der Waals surface area (Å²) < 4.78 is 0. The van der Waals surface area contributed by atoms with Crippen molar-refractivity contribution in [1.29, 1.82) is 0 Å². The van der Waals surface area contributed by atoms with Gasteiger partial charge in [0.25, 0.3) is 0 Å². The summed E-state index contributed by atoms with van der Waals surface area (Å²) in [6.07, 6.45) is 4.98. The lowest BCUT2D eigenvalue weighted by molar-refractivity contribution is -0.120. The van der Waals surface area contributed by atoms with Crippen molar-refractivity contribution in [2.24, 2.45) is 5.92 Å². The second-order valence-electron chi connectivity index (χ2n) is 5.44. The fourth-order valence-electron chi connectivity index (χ4n) is 2.61. The highest BCUT2D eigenvalue weighted by atomic mass is 35.5. The zero-order valence-corrected chi connectivity index (χ0v) is 12.3. The van der Waals surface area contributed by atoms with Gasteiger partial charge >= 0.3 is 0 Å². The second-order valence-corrected chi connectivity index (χ2v) is 5.88. The summed E-state index contributed by atoms with van der Waals surface area (Å²) in [4.78, 5) is 14.5. The zero-order chi connectivity index (χ0) is 13.8. The molecule has 0 heterocycles. The Morgan fingerprint density at radius 3 is 2.89 bits per heavy atom. The molecule has 1 aromatic rings. The van der Waals surface area contributed by atoms with Crippen LogP contribution in [0.15, 0.2) is 29.8 Å². The summed E-state index contributed by atoms with van der Waals surface area (Å²) in [6.45, 7) is 0.839. The van der Waals surface area contributed by atoms with Gasteiger partial charge in [0.15, 0.2) is 5.78 Å². The topological polar surface area (TPSA) is 20.3 Å². The van der Waals surface area contributed by atoms with Crippen LogP contribution in [0.3, 0.4) is 0 Å². The van der Waals surface area contributed by atoms with Gasteiger partial charge < -0.3 is 4.90 Å². The van der Waals surface area contributed by atoms with Crippen LogP contribution < -0.4 is 0 Å². The summed E-state index contributed by atoms with van der Waals surface area (Å²) in [6, 6.07) is 7.65. The quantitative estimate of drug-likeness (QED) is 0.786. The Morgan fingerprint density at radius 1 is 1.42 bits per heavy atom. The molecule has 0 aliphatic heterocycles. The van der Waals surface area contributed by atoms with Crippen molar-refractivity contribution in [1.82, 2.24) is 4.90 Å². The van der Waals surface area contributed by atoms with Crippen molar-refractivity contribution in [2.45, 2.75) is 19.3 Å². The van der Waals surface area contributed by atoms with E-state index in [-0.39, 0.29) is 5.92 Å². The third-order valence-corrected chi connectivity index (χ3v) is 3.70. The van der Waals surface area contributed by atoms with Crippen molar-refractivity contribution in [2.75, 3.05) is 20.6 Å². The van der Waals surface area contributed by atoms with Gasteiger partial charge in [0.1, 0.15) is 0 Å². The van der Waals surface area contributed by atoms with Crippen LogP contribution in [-0.2, 0) is 4.79 Å². The SMILES string of the molecule is CN(C)CC1CCCC(=Cc2cccc(Cl)c2)C1=O. The first-order valence-electron chi connectivity index (χ1n) is 6.71. The lowest BCUT2D eigenvalue weighted by Crippen LogP contribution is -2.31. The van der Waals surface area contributed by atoms with Crippen LogP contribution in [0, 0.1) is 5.92 Å². The predicted molar refractivity (Wildman–Crippen MR) is 80.3 cm³/mol. The molecule has 102 valence electrons. The molecule has 2 rings (SSSR count). The van der Waals surface area contributed by atoms with Crippen molar-refractivity contribution < 1.29 is 4.79 Å². The minimum Gasteiger partial charge on any atom is -0.309 e. The molecule has 0 N–H and O–H groups in total. The predicted octanol–water partition coefficient (Wildman–Crippen LogP) is 3.65. The molecule has 1 unspecified atom stereocenters.